The molecule has 0 unspecified atom stereocenters. The number of sulfonamides is 1. The summed E-state index contributed by atoms with van der Waals surface area (Å²) in [5.74, 6) is -0.246. The molecule has 2 heterocycles. The van der Waals surface area contributed by atoms with Gasteiger partial charge in [-0.3, -0.25) is 4.72 Å². The zero-order valence-corrected chi connectivity index (χ0v) is 15.1. The van der Waals surface area contributed by atoms with E-state index < -0.39 is 10.0 Å². The van der Waals surface area contributed by atoms with Crippen molar-refractivity contribution in [3.63, 3.8) is 0 Å². The van der Waals surface area contributed by atoms with Crippen LogP contribution in [-0.4, -0.2) is 18.4 Å². The molecule has 6 nitrogen and oxygen atoms in total. The van der Waals surface area contributed by atoms with Crippen LogP contribution < -0.4 is 10.5 Å². The zero-order valence-electron chi connectivity index (χ0n) is 13.6. The second-order valence-electron chi connectivity index (χ2n) is 5.49. The molecule has 0 atom stereocenters. The first-order valence-electron chi connectivity index (χ1n) is 7.45. The first-order chi connectivity index (χ1) is 12.3. The Kier molecular flexibility index (Phi) is 4.80. The van der Waals surface area contributed by atoms with Crippen molar-refractivity contribution in [2.45, 2.75) is 11.9 Å². The van der Waals surface area contributed by atoms with Crippen LogP contribution in [0.15, 0.2) is 53.6 Å². The van der Waals surface area contributed by atoms with Gasteiger partial charge in [0.25, 0.3) is 10.0 Å². The van der Waals surface area contributed by atoms with Crippen molar-refractivity contribution in [3.8, 4) is 11.3 Å². The lowest BCUT2D eigenvalue weighted by Crippen LogP contribution is -2.16. The Bertz CT molecular complexity index is 1090. The topological polar surface area (TPSA) is 98.0 Å². The third-order valence-corrected chi connectivity index (χ3v) is 5.11. The molecule has 3 N–H and O–H groups in total. The van der Waals surface area contributed by atoms with Gasteiger partial charge in [0.1, 0.15) is 17.5 Å². The average molecular weight is 393 g/mol. The minimum atomic E-state index is -3.97. The van der Waals surface area contributed by atoms with E-state index in [1.807, 2.05) is 0 Å². The molecular weight excluding hydrogens is 379 g/mol. The van der Waals surface area contributed by atoms with Crippen molar-refractivity contribution >= 4 is 33.3 Å². The van der Waals surface area contributed by atoms with Gasteiger partial charge in [-0.05, 0) is 55.0 Å². The van der Waals surface area contributed by atoms with Crippen LogP contribution in [-0.2, 0) is 10.0 Å². The Morgan fingerprint density at radius 2 is 1.88 bits per heavy atom. The average Bonchev–Trinajstić information content (AvgIpc) is 2.57. The van der Waals surface area contributed by atoms with Gasteiger partial charge in [0, 0.05) is 5.56 Å². The molecule has 0 aliphatic carbocycles. The molecule has 0 fully saturated rings. The van der Waals surface area contributed by atoms with Gasteiger partial charge in [-0.25, -0.2) is 14.4 Å². The molecule has 3 rings (SSSR count). The Morgan fingerprint density at radius 3 is 2.58 bits per heavy atom. The van der Waals surface area contributed by atoms with E-state index in [1.54, 1.807) is 6.92 Å². The van der Waals surface area contributed by atoms with Crippen LogP contribution in [0.3, 0.4) is 0 Å². The van der Waals surface area contributed by atoms with Crippen molar-refractivity contribution in [2.24, 2.45) is 0 Å². The molecule has 2 aromatic heterocycles. The highest BCUT2D eigenvalue weighted by molar-refractivity contribution is 7.92. The van der Waals surface area contributed by atoms with Crippen LogP contribution in [0, 0.1) is 12.7 Å². The van der Waals surface area contributed by atoms with E-state index in [9.17, 15) is 12.8 Å². The van der Waals surface area contributed by atoms with E-state index >= 15 is 0 Å². The standard InChI is InChI=1S/C17H14ClFN4O2S/c1-10-9-11(19)5-6-12(10)17-13(18)7-8-15(22-17)23-26(24,25)16-4-2-3-14(20)21-16/h2-9H,1H3,(H2,20,21)(H,22,23). The highest BCUT2D eigenvalue weighted by atomic mass is 35.5. The fourth-order valence-corrected chi connectivity index (χ4v) is 3.54. The van der Waals surface area contributed by atoms with E-state index in [4.69, 9.17) is 17.3 Å². The number of benzene rings is 1. The number of anilines is 2. The summed E-state index contributed by atoms with van der Waals surface area (Å²) < 4.78 is 40.6. The number of nitrogen functional groups attached to an aromatic ring is 1. The summed E-state index contributed by atoms with van der Waals surface area (Å²) >= 11 is 6.19. The number of pyridine rings is 2. The summed E-state index contributed by atoms with van der Waals surface area (Å²) in [4.78, 5) is 8.06. The third-order valence-electron chi connectivity index (χ3n) is 3.55. The van der Waals surface area contributed by atoms with E-state index in [2.05, 4.69) is 14.7 Å². The van der Waals surface area contributed by atoms with E-state index in [-0.39, 0.29) is 22.5 Å². The third kappa shape index (κ3) is 3.76. The molecule has 134 valence electrons. The maximum absolute atomic E-state index is 13.3. The zero-order chi connectivity index (χ0) is 18.9. The number of halogens is 2. The maximum atomic E-state index is 13.3. The van der Waals surface area contributed by atoms with Crippen LogP contribution >= 0.6 is 11.6 Å². The monoisotopic (exact) mass is 392 g/mol. The first kappa shape index (κ1) is 18.1. The van der Waals surface area contributed by atoms with Crippen molar-refractivity contribution in [3.05, 3.63) is 64.9 Å². The number of nitrogens with two attached hydrogens (primary N) is 1. The van der Waals surface area contributed by atoms with Gasteiger partial charge in [-0.2, -0.15) is 8.42 Å². The molecule has 26 heavy (non-hydrogen) atoms. The second kappa shape index (κ2) is 6.89. The van der Waals surface area contributed by atoms with Crippen molar-refractivity contribution in [2.75, 3.05) is 10.5 Å². The van der Waals surface area contributed by atoms with E-state index in [1.165, 1.54) is 48.5 Å². The van der Waals surface area contributed by atoms with Gasteiger partial charge in [-0.1, -0.05) is 17.7 Å². The largest absolute Gasteiger partial charge is 0.384 e. The molecule has 0 amide bonds. The van der Waals surface area contributed by atoms with Gasteiger partial charge in [-0.15, -0.1) is 0 Å². The maximum Gasteiger partial charge on any atom is 0.280 e. The first-order valence-corrected chi connectivity index (χ1v) is 9.31. The second-order valence-corrected chi connectivity index (χ2v) is 7.53. The van der Waals surface area contributed by atoms with Crippen LogP contribution in [0.4, 0.5) is 16.0 Å². The van der Waals surface area contributed by atoms with Gasteiger partial charge < -0.3 is 5.73 Å². The van der Waals surface area contributed by atoms with Crippen LogP contribution in [0.2, 0.25) is 5.02 Å². The van der Waals surface area contributed by atoms with E-state index in [0.717, 1.165) is 0 Å². The Morgan fingerprint density at radius 1 is 1.12 bits per heavy atom. The van der Waals surface area contributed by atoms with Crippen LogP contribution in [0.1, 0.15) is 5.56 Å². The van der Waals surface area contributed by atoms with Crippen molar-refractivity contribution in [1.29, 1.82) is 0 Å². The highest BCUT2D eigenvalue weighted by Crippen LogP contribution is 2.30. The smallest absolute Gasteiger partial charge is 0.280 e. The number of nitrogens with zero attached hydrogens (tertiary/aromatic N) is 2. The number of hydrogen-bond acceptors (Lipinski definition) is 5. The summed E-state index contributed by atoms with van der Waals surface area (Å²) in [5, 5.41) is 0.0819. The minimum Gasteiger partial charge on any atom is -0.384 e. The summed E-state index contributed by atoms with van der Waals surface area (Å²) in [7, 11) is -3.97. The number of aromatic nitrogens is 2. The van der Waals surface area contributed by atoms with Crippen molar-refractivity contribution < 1.29 is 12.8 Å². The predicted molar refractivity (Wildman–Crippen MR) is 98.8 cm³/mol. The lowest BCUT2D eigenvalue weighted by atomic mass is 10.1. The molecule has 9 heteroatoms. The number of hydrogen-bond donors (Lipinski definition) is 2. The number of aryl methyl sites for hydroxylation is 1. The molecule has 0 aliphatic rings. The van der Waals surface area contributed by atoms with Gasteiger partial charge >= 0.3 is 0 Å². The molecule has 0 aliphatic heterocycles. The quantitative estimate of drug-likeness (QED) is 0.706. The molecular formula is C17H14ClFN4O2S. The van der Waals surface area contributed by atoms with Gasteiger partial charge in [0.2, 0.25) is 0 Å². The summed E-state index contributed by atoms with van der Waals surface area (Å²) in [5.41, 5.74) is 7.09. The Hall–Kier alpha value is -2.71. The molecule has 0 saturated carbocycles. The molecule has 0 saturated heterocycles. The summed E-state index contributed by atoms with van der Waals surface area (Å²) in [6.45, 7) is 1.71. The molecule has 0 bridgehead atoms. The Balaban J connectivity index is 2.00. The predicted octanol–water partition coefficient (Wildman–Crippen LogP) is 3.63. The van der Waals surface area contributed by atoms with Crippen molar-refractivity contribution in [1.82, 2.24) is 9.97 Å². The number of rotatable bonds is 4. The fourth-order valence-electron chi connectivity index (χ4n) is 2.35. The van der Waals surface area contributed by atoms with Gasteiger partial charge in [0.05, 0.1) is 10.7 Å². The lowest BCUT2D eigenvalue weighted by Gasteiger charge is -2.11. The van der Waals surface area contributed by atoms with E-state index in [0.29, 0.717) is 21.8 Å². The summed E-state index contributed by atoms with van der Waals surface area (Å²) in [6, 6.07) is 11.4. The molecule has 0 spiro atoms. The fraction of sp³-hybridized carbons (Fsp3) is 0.0588. The Labute approximate surface area is 154 Å². The number of nitrogens with one attached hydrogen (secondary N) is 1. The summed E-state index contributed by atoms with van der Waals surface area (Å²) in [6.07, 6.45) is 0. The SMILES string of the molecule is Cc1cc(F)ccc1-c1nc(NS(=O)(=O)c2cccc(N)n2)ccc1Cl. The lowest BCUT2D eigenvalue weighted by molar-refractivity contribution is 0.597. The highest BCUT2D eigenvalue weighted by Gasteiger charge is 2.18. The molecule has 3 aromatic rings. The molecule has 1 aromatic carbocycles. The van der Waals surface area contributed by atoms with Crippen LogP contribution in [0.25, 0.3) is 11.3 Å². The van der Waals surface area contributed by atoms with Crippen LogP contribution in [0.5, 0.6) is 0 Å². The molecule has 0 radical (unpaired) electrons. The normalized spacial score (nSPS) is 11.3. The minimum absolute atomic E-state index is 0.0531. The van der Waals surface area contributed by atoms with Gasteiger partial charge in [0.15, 0.2) is 5.03 Å².